The molecule has 1 amide bonds. The van der Waals surface area contributed by atoms with E-state index < -0.39 is 12.0 Å². The third kappa shape index (κ3) is 4.65. The van der Waals surface area contributed by atoms with E-state index in [4.69, 9.17) is 4.74 Å². The van der Waals surface area contributed by atoms with Crippen LogP contribution in [0.1, 0.15) is 36.1 Å². The number of carbonyl (C=O) groups excluding carboxylic acids is 1. The van der Waals surface area contributed by atoms with Crippen LogP contribution >= 0.6 is 0 Å². The zero-order valence-corrected chi connectivity index (χ0v) is 14.3. The number of ether oxygens (including phenoxy) is 1. The molecule has 0 fully saturated rings. The minimum absolute atomic E-state index is 0.0104. The topological polar surface area (TPSA) is 81.4 Å². The molecule has 0 aliphatic rings. The normalized spacial score (nSPS) is 11.9. The molecule has 2 aromatic rings. The number of hydrogen-bond donors (Lipinski definition) is 1. The molecule has 2 rings (SSSR count). The van der Waals surface area contributed by atoms with Crippen molar-refractivity contribution in [3.8, 4) is 0 Å². The highest BCUT2D eigenvalue weighted by atomic mass is 19.4. The lowest BCUT2D eigenvalue weighted by Crippen LogP contribution is -2.28. The van der Waals surface area contributed by atoms with Crippen LogP contribution in [-0.4, -0.2) is 45.2 Å². The highest BCUT2D eigenvalue weighted by molar-refractivity contribution is 5.79. The Kier molecular flexibility index (Phi) is 5.93. The van der Waals surface area contributed by atoms with Crippen LogP contribution in [0.3, 0.4) is 0 Å². The molecule has 138 valence electrons. The van der Waals surface area contributed by atoms with Crippen LogP contribution in [0.15, 0.2) is 0 Å². The van der Waals surface area contributed by atoms with Gasteiger partial charge in [-0.2, -0.15) is 18.2 Å². The quantitative estimate of drug-likeness (QED) is 0.763. The highest BCUT2D eigenvalue weighted by Gasteiger charge is 2.37. The number of halogens is 3. The Morgan fingerprint density at radius 1 is 1.28 bits per heavy atom. The summed E-state index contributed by atoms with van der Waals surface area (Å²) in [7, 11) is 0. The molecule has 0 unspecified atom stereocenters. The van der Waals surface area contributed by atoms with Crippen LogP contribution in [0.2, 0.25) is 0 Å². The van der Waals surface area contributed by atoms with Crippen molar-refractivity contribution in [3.05, 3.63) is 22.8 Å². The molecular weight excluding hydrogens is 339 g/mol. The lowest BCUT2D eigenvalue weighted by atomic mass is 10.1. The van der Waals surface area contributed by atoms with E-state index in [-0.39, 0.29) is 18.1 Å². The first kappa shape index (κ1) is 19.1. The van der Waals surface area contributed by atoms with Gasteiger partial charge in [-0.25, -0.2) is 9.50 Å². The molecule has 0 atom stereocenters. The van der Waals surface area contributed by atoms with E-state index in [1.807, 2.05) is 6.92 Å². The van der Waals surface area contributed by atoms with Gasteiger partial charge in [0.15, 0.2) is 0 Å². The lowest BCUT2D eigenvalue weighted by molar-refractivity contribution is -0.144. The minimum atomic E-state index is -4.65. The Bertz CT molecular complexity index is 758. The van der Waals surface area contributed by atoms with Crippen molar-refractivity contribution in [2.75, 3.05) is 19.8 Å². The summed E-state index contributed by atoms with van der Waals surface area (Å²) in [5, 5.41) is 6.21. The third-order valence-electron chi connectivity index (χ3n) is 3.63. The Hall–Kier alpha value is -2.23. The maximum atomic E-state index is 12.8. The minimum Gasteiger partial charge on any atom is -0.382 e. The molecule has 0 saturated heterocycles. The number of alkyl halides is 3. The summed E-state index contributed by atoms with van der Waals surface area (Å²) in [6.45, 7) is 6.76. The molecule has 0 spiro atoms. The SMILES string of the molecule is CCOCCCNC(=O)Cc1c(C)nc2nc(C(F)(F)F)nn2c1C. The predicted octanol–water partition coefficient (Wildman–Crippen LogP) is 1.85. The summed E-state index contributed by atoms with van der Waals surface area (Å²) in [5.74, 6) is -1.62. The van der Waals surface area contributed by atoms with Gasteiger partial charge in [0.1, 0.15) is 0 Å². The van der Waals surface area contributed by atoms with Gasteiger partial charge in [0.25, 0.3) is 11.6 Å². The second-order valence-corrected chi connectivity index (χ2v) is 5.48. The number of nitrogens with zero attached hydrogens (tertiary/aromatic N) is 4. The fourth-order valence-electron chi connectivity index (χ4n) is 2.35. The molecule has 2 aromatic heterocycles. The summed E-state index contributed by atoms with van der Waals surface area (Å²) in [6, 6.07) is 0. The number of fused-ring (bicyclic) bond motifs is 1. The number of carbonyl (C=O) groups is 1. The van der Waals surface area contributed by atoms with E-state index in [1.54, 1.807) is 13.8 Å². The van der Waals surface area contributed by atoms with Gasteiger partial charge < -0.3 is 10.1 Å². The maximum absolute atomic E-state index is 12.8. The van der Waals surface area contributed by atoms with E-state index in [1.165, 1.54) is 0 Å². The van der Waals surface area contributed by atoms with Crippen LogP contribution in [0.4, 0.5) is 13.2 Å². The zero-order chi connectivity index (χ0) is 18.6. The standard InChI is InChI=1S/C15H20F3N5O2/c1-4-25-7-5-6-19-12(24)8-11-9(2)20-14-21-13(15(16,17)18)22-23(14)10(11)3/h4-8H2,1-3H3,(H,19,24). The number of aryl methyl sites for hydroxylation is 2. The van der Waals surface area contributed by atoms with Crippen LogP contribution in [0.25, 0.3) is 5.78 Å². The average molecular weight is 359 g/mol. The largest absolute Gasteiger partial charge is 0.453 e. The maximum Gasteiger partial charge on any atom is 0.453 e. The van der Waals surface area contributed by atoms with Gasteiger partial charge in [-0.05, 0) is 27.2 Å². The zero-order valence-electron chi connectivity index (χ0n) is 14.3. The van der Waals surface area contributed by atoms with E-state index >= 15 is 0 Å². The number of aromatic nitrogens is 4. The average Bonchev–Trinajstić information content (AvgIpc) is 2.95. The van der Waals surface area contributed by atoms with Crippen molar-refractivity contribution in [2.24, 2.45) is 0 Å². The molecule has 0 radical (unpaired) electrons. The van der Waals surface area contributed by atoms with Gasteiger partial charge >= 0.3 is 6.18 Å². The van der Waals surface area contributed by atoms with Gasteiger partial charge in [-0.3, -0.25) is 4.79 Å². The third-order valence-corrected chi connectivity index (χ3v) is 3.63. The Balaban J connectivity index is 2.14. The summed E-state index contributed by atoms with van der Waals surface area (Å²) >= 11 is 0. The van der Waals surface area contributed by atoms with Gasteiger partial charge in [0.05, 0.1) is 6.42 Å². The fraction of sp³-hybridized carbons (Fsp3) is 0.600. The van der Waals surface area contributed by atoms with Gasteiger partial charge in [-0.15, -0.1) is 5.10 Å². The number of nitrogens with one attached hydrogen (secondary N) is 1. The first-order valence-corrected chi connectivity index (χ1v) is 7.88. The van der Waals surface area contributed by atoms with Crippen molar-refractivity contribution in [1.82, 2.24) is 24.9 Å². The Labute approximate surface area is 142 Å². The second kappa shape index (κ2) is 7.77. The van der Waals surface area contributed by atoms with Gasteiger partial charge in [0.2, 0.25) is 5.91 Å². The number of hydrogen-bond acceptors (Lipinski definition) is 5. The van der Waals surface area contributed by atoms with Gasteiger partial charge in [0, 0.05) is 36.7 Å². The monoisotopic (exact) mass is 359 g/mol. The predicted molar refractivity (Wildman–Crippen MR) is 83.1 cm³/mol. The summed E-state index contributed by atoms with van der Waals surface area (Å²) in [5.41, 5.74) is 1.40. The molecular formula is C15H20F3N5O2. The van der Waals surface area contributed by atoms with Crippen LogP contribution in [-0.2, 0) is 22.1 Å². The fourth-order valence-corrected chi connectivity index (χ4v) is 2.35. The van der Waals surface area contributed by atoms with Crippen LogP contribution in [0.5, 0.6) is 0 Å². The smallest absolute Gasteiger partial charge is 0.382 e. The molecule has 10 heteroatoms. The number of amides is 1. The second-order valence-electron chi connectivity index (χ2n) is 5.48. The van der Waals surface area contributed by atoms with E-state index in [0.29, 0.717) is 43.1 Å². The van der Waals surface area contributed by atoms with Crippen molar-refractivity contribution in [3.63, 3.8) is 0 Å². The molecule has 0 aliphatic heterocycles. The molecule has 25 heavy (non-hydrogen) atoms. The first-order valence-electron chi connectivity index (χ1n) is 7.88. The van der Waals surface area contributed by atoms with Gasteiger partial charge in [-0.1, -0.05) is 0 Å². The lowest BCUT2D eigenvalue weighted by Gasteiger charge is -2.10. The van der Waals surface area contributed by atoms with Crippen molar-refractivity contribution >= 4 is 11.7 Å². The summed E-state index contributed by atoms with van der Waals surface area (Å²) < 4.78 is 44.5. The molecule has 0 bridgehead atoms. The van der Waals surface area contributed by atoms with Crippen molar-refractivity contribution in [2.45, 2.75) is 39.8 Å². The molecule has 2 heterocycles. The van der Waals surface area contributed by atoms with Crippen LogP contribution in [0, 0.1) is 13.8 Å². The molecule has 0 aliphatic carbocycles. The van der Waals surface area contributed by atoms with E-state index in [0.717, 1.165) is 4.52 Å². The van der Waals surface area contributed by atoms with Crippen molar-refractivity contribution in [1.29, 1.82) is 0 Å². The Morgan fingerprint density at radius 2 is 2.00 bits per heavy atom. The van der Waals surface area contributed by atoms with Crippen molar-refractivity contribution < 1.29 is 22.7 Å². The highest BCUT2D eigenvalue weighted by Crippen LogP contribution is 2.27. The van der Waals surface area contributed by atoms with Crippen LogP contribution < -0.4 is 5.32 Å². The Morgan fingerprint density at radius 3 is 2.64 bits per heavy atom. The summed E-state index contributed by atoms with van der Waals surface area (Å²) in [6.07, 6.45) is -3.95. The molecule has 7 nitrogen and oxygen atoms in total. The van der Waals surface area contributed by atoms with E-state index in [2.05, 4.69) is 20.4 Å². The molecule has 0 aromatic carbocycles. The first-order chi connectivity index (χ1) is 11.7. The van der Waals surface area contributed by atoms with E-state index in [9.17, 15) is 18.0 Å². The molecule has 1 N–H and O–H groups in total. The summed E-state index contributed by atoms with van der Waals surface area (Å²) in [4.78, 5) is 19.5. The number of rotatable bonds is 7. The molecule has 0 saturated carbocycles.